The van der Waals surface area contributed by atoms with Crippen molar-refractivity contribution in [2.24, 2.45) is 0 Å². The fourth-order valence-electron chi connectivity index (χ4n) is 1.92. The van der Waals surface area contributed by atoms with Crippen molar-refractivity contribution in [3.8, 4) is 0 Å². The van der Waals surface area contributed by atoms with Crippen LogP contribution in [0.1, 0.15) is 5.56 Å². The third-order valence-electron chi connectivity index (χ3n) is 2.83. The van der Waals surface area contributed by atoms with Gasteiger partial charge >= 0.3 is 0 Å². The Morgan fingerprint density at radius 2 is 2.06 bits per heavy atom. The number of hydrogen-bond donors (Lipinski definition) is 0. The van der Waals surface area contributed by atoms with Gasteiger partial charge < -0.3 is 0 Å². The molecule has 0 bridgehead atoms. The number of pyridine rings is 1. The van der Waals surface area contributed by atoms with E-state index in [0.29, 0.717) is 0 Å². The van der Waals surface area contributed by atoms with Crippen LogP contribution in [0.15, 0.2) is 48.8 Å². The minimum atomic E-state index is 0.759. The van der Waals surface area contributed by atoms with Crippen LogP contribution in [0, 0.1) is 6.42 Å². The number of aromatic nitrogens is 4. The molecule has 1 aromatic carbocycles. The summed E-state index contributed by atoms with van der Waals surface area (Å²) in [5.41, 5.74) is 3.22. The van der Waals surface area contributed by atoms with Gasteiger partial charge in [-0.05, 0) is 36.6 Å². The second-order valence-corrected chi connectivity index (χ2v) is 4.11. The highest BCUT2D eigenvalue weighted by Gasteiger charge is 2.02. The Kier molecular flexibility index (Phi) is 3.00. The summed E-state index contributed by atoms with van der Waals surface area (Å²) in [5, 5.41) is 8.27. The maximum atomic E-state index is 4.15. The SMILES string of the molecule is [CH](Cc1cccnc1)Cn1nnc2ccccc21. The molecule has 4 heteroatoms. The zero-order valence-electron chi connectivity index (χ0n) is 9.90. The Morgan fingerprint density at radius 3 is 2.94 bits per heavy atom. The number of fused-ring (bicyclic) bond motifs is 1. The summed E-state index contributed by atoms with van der Waals surface area (Å²) in [6.45, 7) is 0.759. The Hall–Kier alpha value is -2.23. The maximum absolute atomic E-state index is 4.15. The summed E-state index contributed by atoms with van der Waals surface area (Å²) in [7, 11) is 0. The molecule has 0 atom stereocenters. The molecule has 0 saturated heterocycles. The molecule has 3 rings (SSSR count). The zero-order chi connectivity index (χ0) is 12.2. The molecule has 0 fully saturated rings. The molecular weight excluding hydrogens is 224 g/mol. The van der Waals surface area contributed by atoms with Crippen LogP contribution in [0.3, 0.4) is 0 Å². The van der Waals surface area contributed by atoms with Gasteiger partial charge in [0, 0.05) is 18.9 Å². The van der Waals surface area contributed by atoms with Crippen molar-refractivity contribution in [3.63, 3.8) is 0 Å². The van der Waals surface area contributed by atoms with E-state index in [2.05, 4.69) is 27.8 Å². The molecule has 0 aliphatic heterocycles. The van der Waals surface area contributed by atoms with Crippen LogP contribution in [0.4, 0.5) is 0 Å². The number of rotatable bonds is 4. The molecule has 0 N–H and O–H groups in total. The van der Waals surface area contributed by atoms with Crippen LogP contribution >= 0.6 is 0 Å². The topological polar surface area (TPSA) is 43.6 Å². The Balaban J connectivity index is 1.67. The molecule has 2 heterocycles. The second-order valence-electron chi connectivity index (χ2n) is 4.11. The maximum Gasteiger partial charge on any atom is 0.113 e. The first-order chi connectivity index (χ1) is 8.93. The van der Waals surface area contributed by atoms with Crippen LogP contribution in [0.25, 0.3) is 11.0 Å². The van der Waals surface area contributed by atoms with Crippen molar-refractivity contribution < 1.29 is 0 Å². The predicted octanol–water partition coefficient (Wildman–Crippen LogP) is 2.27. The van der Waals surface area contributed by atoms with Crippen molar-refractivity contribution in [1.82, 2.24) is 20.0 Å². The van der Waals surface area contributed by atoms with Crippen LogP contribution in [0.2, 0.25) is 0 Å². The first-order valence-electron chi connectivity index (χ1n) is 5.92. The van der Waals surface area contributed by atoms with Crippen LogP contribution in [-0.4, -0.2) is 20.0 Å². The summed E-state index contributed by atoms with van der Waals surface area (Å²) < 4.78 is 1.91. The first-order valence-corrected chi connectivity index (χ1v) is 5.92. The van der Waals surface area contributed by atoms with Crippen LogP contribution in [-0.2, 0) is 13.0 Å². The summed E-state index contributed by atoms with van der Waals surface area (Å²) in [6.07, 6.45) is 6.74. The summed E-state index contributed by atoms with van der Waals surface area (Å²) in [6, 6.07) is 12.0. The standard InChI is InChI=1S/C14H13N4/c1-2-8-14-13(7-1)16-17-18(14)10-4-6-12-5-3-9-15-11-12/h1-5,7-9,11H,6,10H2. The van der Waals surface area contributed by atoms with Gasteiger partial charge in [-0.3, -0.25) is 4.98 Å². The molecule has 0 saturated carbocycles. The van der Waals surface area contributed by atoms with E-state index in [1.54, 1.807) is 6.20 Å². The van der Waals surface area contributed by atoms with E-state index in [9.17, 15) is 0 Å². The zero-order valence-corrected chi connectivity index (χ0v) is 9.90. The number of benzene rings is 1. The number of para-hydroxylation sites is 1. The molecular formula is C14H13N4. The molecule has 0 amide bonds. The van der Waals surface area contributed by atoms with Crippen molar-refractivity contribution in [3.05, 3.63) is 60.8 Å². The molecule has 3 aromatic rings. The molecule has 0 spiro atoms. The third-order valence-corrected chi connectivity index (χ3v) is 2.83. The van der Waals surface area contributed by atoms with Gasteiger partial charge in [0.15, 0.2) is 0 Å². The molecule has 89 valence electrons. The van der Waals surface area contributed by atoms with Gasteiger partial charge in [-0.2, -0.15) is 0 Å². The molecule has 2 aromatic heterocycles. The summed E-state index contributed by atoms with van der Waals surface area (Å²) >= 11 is 0. The minimum Gasteiger partial charge on any atom is -0.264 e. The van der Waals surface area contributed by atoms with Gasteiger partial charge in [-0.1, -0.05) is 23.4 Å². The molecule has 4 nitrogen and oxygen atoms in total. The predicted molar refractivity (Wildman–Crippen MR) is 69.8 cm³/mol. The van der Waals surface area contributed by atoms with Crippen molar-refractivity contribution >= 4 is 11.0 Å². The van der Waals surface area contributed by atoms with Gasteiger partial charge in [-0.15, -0.1) is 5.10 Å². The average molecular weight is 237 g/mol. The van der Waals surface area contributed by atoms with Crippen LogP contribution in [0.5, 0.6) is 0 Å². The van der Waals surface area contributed by atoms with E-state index in [0.717, 1.165) is 24.0 Å². The van der Waals surface area contributed by atoms with E-state index in [1.807, 2.05) is 41.2 Å². The Labute approximate surface area is 105 Å². The third kappa shape index (κ3) is 2.22. The smallest absolute Gasteiger partial charge is 0.113 e. The van der Waals surface area contributed by atoms with E-state index in [-0.39, 0.29) is 0 Å². The summed E-state index contributed by atoms with van der Waals surface area (Å²) in [5.74, 6) is 0. The van der Waals surface area contributed by atoms with Gasteiger partial charge in [0.05, 0.1) is 5.52 Å². The molecule has 0 aliphatic rings. The quantitative estimate of drug-likeness (QED) is 0.699. The minimum absolute atomic E-state index is 0.759. The van der Waals surface area contributed by atoms with Crippen molar-refractivity contribution in [1.29, 1.82) is 0 Å². The number of nitrogens with zero attached hydrogens (tertiary/aromatic N) is 4. The normalized spacial score (nSPS) is 10.9. The molecule has 18 heavy (non-hydrogen) atoms. The monoisotopic (exact) mass is 237 g/mol. The molecule has 0 unspecified atom stereocenters. The average Bonchev–Trinajstić information content (AvgIpc) is 2.84. The Morgan fingerprint density at radius 1 is 1.11 bits per heavy atom. The highest BCUT2D eigenvalue weighted by molar-refractivity contribution is 5.73. The highest BCUT2D eigenvalue weighted by atomic mass is 15.4. The van der Waals surface area contributed by atoms with Gasteiger partial charge in [0.1, 0.15) is 5.52 Å². The largest absolute Gasteiger partial charge is 0.264 e. The van der Waals surface area contributed by atoms with Gasteiger partial charge in [0.25, 0.3) is 0 Å². The molecule has 0 aliphatic carbocycles. The van der Waals surface area contributed by atoms with E-state index >= 15 is 0 Å². The van der Waals surface area contributed by atoms with Crippen molar-refractivity contribution in [2.45, 2.75) is 13.0 Å². The summed E-state index contributed by atoms with van der Waals surface area (Å²) in [4.78, 5) is 4.10. The lowest BCUT2D eigenvalue weighted by Crippen LogP contribution is -2.02. The lowest BCUT2D eigenvalue weighted by atomic mass is 10.1. The molecule has 1 radical (unpaired) electrons. The van der Waals surface area contributed by atoms with E-state index in [1.165, 1.54) is 5.56 Å². The fourth-order valence-corrected chi connectivity index (χ4v) is 1.92. The lowest BCUT2D eigenvalue weighted by molar-refractivity contribution is 0.648. The first kappa shape index (κ1) is 10.9. The van der Waals surface area contributed by atoms with Crippen molar-refractivity contribution in [2.75, 3.05) is 0 Å². The lowest BCUT2D eigenvalue weighted by Gasteiger charge is -2.02. The van der Waals surface area contributed by atoms with E-state index < -0.39 is 0 Å². The van der Waals surface area contributed by atoms with Gasteiger partial charge in [0.2, 0.25) is 0 Å². The van der Waals surface area contributed by atoms with E-state index in [4.69, 9.17) is 0 Å². The highest BCUT2D eigenvalue weighted by Crippen LogP contribution is 2.10. The van der Waals surface area contributed by atoms with Crippen LogP contribution < -0.4 is 0 Å². The Bertz CT molecular complexity index is 630. The van der Waals surface area contributed by atoms with Gasteiger partial charge in [-0.25, -0.2) is 4.68 Å². The fraction of sp³-hybridized carbons (Fsp3) is 0.143. The number of hydrogen-bond acceptors (Lipinski definition) is 3. The second kappa shape index (κ2) is 4.96.